The molecule has 0 aliphatic rings. The van der Waals surface area contributed by atoms with Crippen LogP contribution in [0.2, 0.25) is 0 Å². The van der Waals surface area contributed by atoms with Gasteiger partial charge in [-0.05, 0) is 17.9 Å². The molecule has 1 atom stereocenters. The van der Waals surface area contributed by atoms with E-state index in [1.165, 1.54) is 18.4 Å². The number of hydrogen-bond donors (Lipinski definition) is 1. The van der Waals surface area contributed by atoms with Gasteiger partial charge in [0, 0.05) is 12.5 Å². The molecule has 1 unspecified atom stereocenters. The zero-order chi connectivity index (χ0) is 11.1. The minimum absolute atomic E-state index is 0.264. The lowest BCUT2D eigenvalue weighted by Crippen LogP contribution is -2.10. The predicted octanol–water partition coefficient (Wildman–Crippen LogP) is 3.59. The van der Waals surface area contributed by atoms with E-state index in [-0.39, 0.29) is 6.61 Å². The maximum Gasteiger partial charge on any atom is 0.0499 e. The lowest BCUT2D eigenvalue weighted by Gasteiger charge is -2.20. The minimum Gasteiger partial charge on any atom is -0.396 e. The summed E-state index contributed by atoms with van der Waals surface area (Å²) in [5, 5.41) is 9.42. The van der Waals surface area contributed by atoms with Crippen molar-refractivity contribution in [1.29, 1.82) is 0 Å². The van der Waals surface area contributed by atoms with Crippen LogP contribution in [-0.4, -0.2) is 11.7 Å². The summed E-state index contributed by atoms with van der Waals surface area (Å²) in [5.41, 5.74) is 1.27. The number of benzene rings is 1. The summed E-state index contributed by atoms with van der Waals surface area (Å²) < 4.78 is 0. The van der Waals surface area contributed by atoms with Crippen molar-refractivity contribution in [2.75, 3.05) is 6.61 Å². The molecular weight excluding hydrogens is 184 g/mol. The average Bonchev–Trinajstić information content (AvgIpc) is 2.32. The maximum atomic E-state index is 9.42. The highest BCUT2D eigenvalue weighted by molar-refractivity contribution is 5.19. The van der Waals surface area contributed by atoms with Crippen molar-refractivity contribution < 1.29 is 5.11 Å². The van der Waals surface area contributed by atoms with Crippen molar-refractivity contribution >= 4 is 0 Å². The Balaban J connectivity index is 2.64. The largest absolute Gasteiger partial charge is 0.396 e. The van der Waals surface area contributed by atoms with Gasteiger partial charge < -0.3 is 5.11 Å². The first-order chi connectivity index (χ1) is 7.31. The van der Waals surface area contributed by atoms with Crippen molar-refractivity contribution in [1.82, 2.24) is 0 Å². The van der Waals surface area contributed by atoms with Gasteiger partial charge in [-0.25, -0.2) is 0 Å². The zero-order valence-corrected chi connectivity index (χ0v) is 9.82. The SMILES string of the molecule is CCC(CC)CC(CO)c1ccccc1. The fraction of sp³-hybridized carbons (Fsp3) is 0.571. The van der Waals surface area contributed by atoms with Crippen LogP contribution < -0.4 is 0 Å². The van der Waals surface area contributed by atoms with Crippen LogP contribution in [0.4, 0.5) is 0 Å². The molecule has 0 amide bonds. The fourth-order valence-corrected chi connectivity index (χ4v) is 2.07. The Bertz CT molecular complexity index is 251. The van der Waals surface area contributed by atoms with Gasteiger partial charge in [0.15, 0.2) is 0 Å². The van der Waals surface area contributed by atoms with Gasteiger partial charge in [-0.1, -0.05) is 57.0 Å². The molecule has 0 heterocycles. The monoisotopic (exact) mass is 206 g/mol. The molecule has 84 valence electrons. The van der Waals surface area contributed by atoms with Gasteiger partial charge in [0.25, 0.3) is 0 Å². The summed E-state index contributed by atoms with van der Waals surface area (Å²) in [7, 11) is 0. The van der Waals surface area contributed by atoms with Crippen LogP contribution >= 0.6 is 0 Å². The van der Waals surface area contributed by atoms with Crippen LogP contribution in [0.1, 0.15) is 44.6 Å². The third kappa shape index (κ3) is 3.67. The van der Waals surface area contributed by atoms with E-state index < -0.39 is 0 Å². The molecule has 1 aromatic rings. The molecule has 0 aliphatic carbocycles. The lowest BCUT2D eigenvalue weighted by atomic mass is 9.87. The lowest BCUT2D eigenvalue weighted by molar-refractivity contribution is 0.240. The molecule has 0 bridgehead atoms. The number of rotatable bonds is 6. The van der Waals surface area contributed by atoms with E-state index in [0.717, 1.165) is 12.3 Å². The first-order valence-electron chi connectivity index (χ1n) is 5.97. The maximum absolute atomic E-state index is 9.42. The third-order valence-electron chi connectivity index (χ3n) is 3.26. The van der Waals surface area contributed by atoms with Gasteiger partial charge >= 0.3 is 0 Å². The Morgan fingerprint density at radius 1 is 1.07 bits per heavy atom. The summed E-state index contributed by atoms with van der Waals surface area (Å²) in [6.07, 6.45) is 3.52. The molecule has 1 nitrogen and oxygen atoms in total. The quantitative estimate of drug-likeness (QED) is 0.754. The van der Waals surface area contributed by atoms with Gasteiger partial charge in [0.05, 0.1) is 0 Å². The summed E-state index contributed by atoms with van der Waals surface area (Å²) in [5.74, 6) is 1.05. The number of aliphatic hydroxyl groups excluding tert-OH is 1. The second kappa shape index (κ2) is 6.62. The van der Waals surface area contributed by atoms with Gasteiger partial charge in [0.2, 0.25) is 0 Å². The summed E-state index contributed by atoms with van der Waals surface area (Å²) in [6.45, 7) is 4.72. The molecule has 0 aromatic heterocycles. The van der Waals surface area contributed by atoms with Crippen molar-refractivity contribution in [3.8, 4) is 0 Å². The Morgan fingerprint density at radius 2 is 1.67 bits per heavy atom. The van der Waals surface area contributed by atoms with Crippen LogP contribution in [-0.2, 0) is 0 Å². The first-order valence-corrected chi connectivity index (χ1v) is 5.97. The summed E-state index contributed by atoms with van der Waals surface area (Å²) in [6, 6.07) is 10.3. The molecule has 0 aliphatic heterocycles. The molecule has 1 N–H and O–H groups in total. The van der Waals surface area contributed by atoms with E-state index in [1.54, 1.807) is 0 Å². The third-order valence-corrected chi connectivity index (χ3v) is 3.26. The van der Waals surface area contributed by atoms with Crippen LogP contribution in [0.15, 0.2) is 30.3 Å². The fourth-order valence-electron chi connectivity index (χ4n) is 2.07. The molecule has 0 fully saturated rings. The van der Waals surface area contributed by atoms with E-state index >= 15 is 0 Å². The van der Waals surface area contributed by atoms with Gasteiger partial charge in [-0.2, -0.15) is 0 Å². The molecule has 1 heteroatoms. The van der Waals surface area contributed by atoms with Crippen LogP contribution in [0.5, 0.6) is 0 Å². The van der Waals surface area contributed by atoms with Gasteiger partial charge in [-0.3, -0.25) is 0 Å². The van der Waals surface area contributed by atoms with Gasteiger partial charge in [-0.15, -0.1) is 0 Å². The molecule has 0 saturated heterocycles. The van der Waals surface area contributed by atoms with Crippen LogP contribution in [0.25, 0.3) is 0 Å². The molecule has 0 saturated carbocycles. The van der Waals surface area contributed by atoms with Crippen molar-refractivity contribution in [3.05, 3.63) is 35.9 Å². The highest BCUT2D eigenvalue weighted by atomic mass is 16.3. The van der Waals surface area contributed by atoms with E-state index in [1.807, 2.05) is 18.2 Å². The van der Waals surface area contributed by atoms with Crippen molar-refractivity contribution in [2.24, 2.45) is 5.92 Å². The molecule has 0 radical (unpaired) electrons. The van der Waals surface area contributed by atoms with Crippen molar-refractivity contribution in [2.45, 2.75) is 39.0 Å². The Kier molecular flexibility index (Phi) is 5.41. The first kappa shape index (κ1) is 12.3. The average molecular weight is 206 g/mol. The minimum atomic E-state index is 0.264. The Hall–Kier alpha value is -0.820. The van der Waals surface area contributed by atoms with E-state index in [2.05, 4.69) is 26.0 Å². The normalized spacial score (nSPS) is 13.1. The Morgan fingerprint density at radius 3 is 2.13 bits per heavy atom. The number of aliphatic hydroxyl groups is 1. The van der Waals surface area contributed by atoms with Gasteiger partial charge in [0.1, 0.15) is 0 Å². The van der Waals surface area contributed by atoms with E-state index in [4.69, 9.17) is 0 Å². The standard InChI is InChI=1S/C14H22O/c1-3-12(4-2)10-14(11-15)13-8-6-5-7-9-13/h5-9,12,14-15H,3-4,10-11H2,1-2H3. The molecule has 15 heavy (non-hydrogen) atoms. The second-order valence-electron chi connectivity index (χ2n) is 4.21. The molecule has 1 rings (SSSR count). The van der Waals surface area contributed by atoms with Crippen LogP contribution in [0, 0.1) is 5.92 Å². The summed E-state index contributed by atoms with van der Waals surface area (Å²) in [4.78, 5) is 0. The molecule has 0 spiro atoms. The number of hydrogen-bond acceptors (Lipinski definition) is 1. The highest BCUT2D eigenvalue weighted by Gasteiger charge is 2.14. The van der Waals surface area contributed by atoms with E-state index in [0.29, 0.717) is 5.92 Å². The second-order valence-corrected chi connectivity index (χ2v) is 4.21. The van der Waals surface area contributed by atoms with E-state index in [9.17, 15) is 5.11 Å². The smallest absolute Gasteiger partial charge is 0.0499 e. The van der Waals surface area contributed by atoms with Crippen molar-refractivity contribution in [3.63, 3.8) is 0 Å². The summed E-state index contributed by atoms with van der Waals surface area (Å²) >= 11 is 0. The van der Waals surface area contributed by atoms with Crippen LogP contribution in [0.3, 0.4) is 0 Å². The molecular formula is C14H22O. The highest BCUT2D eigenvalue weighted by Crippen LogP contribution is 2.26. The predicted molar refractivity (Wildman–Crippen MR) is 65.0 cm³/mol. The topological polar surface area (TPSA) is 20.2 Å². The molecule has 1 aromatic carbocycles. The zero-order valence-electron chi connectivity index (χ0n) is 9.82. The Labute approximate surface area is 93.1 Å².